The maximum Gasteiger partial charge on any atom is 0.309 e. The van der Waals surface area contributed by atoms with Crippen LogP contribution < -0.4 is 0 Å². The van der Waals surface area contributed by atoms with Crippen LogP contribution in [0.4, 0.5) is 0 Å². The summed E-state index contributed by atoms with van der Waals surface area (Å²) in [5, 5.41) is 0. The van der Waals surface area contributed by atoms with E-state index in [0.29, 0.717) is 6.61 Å². The van der Waals surface area contributed by atoms with Crippen LogP contribution in [0.1, 0.15) is 71.1 Å². The minimum Gasteiger partial charge on any atom is -0.465 e. The van der Waals surface area contributed by atoms with Gasteiger partial charge in [-0.3, -0.25) is 9.59 Å². The van der Waals surface area contributed by atoms with Crippen LogP contribution in [-0.2, 0) is 19.1 Å². The minimum absolute atomic E-state index is 0.0119. The van der Waals surface area contributed by atoms with Crippen molar-refractivity contribution in [3.05, 3.63) is 0 Å². The third-order valence-corrected chi connectivity index (χ3v) is 4.68. The van der Waals surface area contributed by atoms with E-state index >= 15 is 0 Å². The standard InChI is InChI=1S/C17H28O4/c1-2-12-20-16(18)13-8-10-14(11-9-13)17(19)21-15-6-4-3-5-7-15/h13-15H,2-12H2,1H3. The van der Waals surface area contributed by atoms with Gasteiger partial charge in [0.2, 0.25) is 0 Å². The van der Waals surface area contributed by atoms with Crippen molar-refractivity contribution in [2.24, 2.45) is 11.8 Å². The molecule has 2 fully saturated rings. The predicted molar refractivity (Wildman–Crippen MR) is 79.7 cm³/mol. The van der Waals surface area contributed by atoms with Gasteiger partial charge in [-0.25, -0.2) is 0 Å². The lowest BCUT2D eigenvalue weighted by Gasteiger charge is -2.28. The van der Waals surface area contributed by atoms with Crippen LogP contribution in [-0.4, -0.2) is 24.6 Å². The smallest absolute Gasteiger partial charge is 0.309 e. The van der Waals surface area contributed by atoms with Gasteiger partial charge in [0.15, 0.2) is 0 Å². The van der Waals surface area contributed by atoms with Gasteiger partial charge in [0, 0.05) is 0 Å². The van der Waals surface area contributed by atoms with E-state index in [9.17, 15) is 9.59 Å². The first-order valence-corrected chi connectivity index (χ1v) is 8.57. The molecular weight excluding hydrogens is 268 g/mol. The minimum atomic E-state index is -0.0871. The second kappa shape index (κ2) is 8.40. The van der Waals surface area contributed by atoms with Crippen molar-refractivity contribution in [2.75, 3.05) is 6.61 Å². The van der Waals surface area contributed by atoms with Crippen molar-refractivity contribution in [1.29, 1.82) is 0 Å². The van der Waals surface area contributed by atoms with E-state index in [1.54, 1.807) is 0 Å². The molecule has 120 valence electrons. The van der Waals surface area contributed by atoms with Gasteiger partial charge in [-0.2, -0.15) is 0 Å². The van der Waals surface area contributed by atoms with E-state index in [4.69, 9.17) is 9.47 Å². The average Bonchev–Trinajstić information content (AvgIpc) is 2.53. The Labute approximate surface area is 127 Å². The Morgan fingerprint density at radius 1 is 0.857 bits per heavy atom. The number of rotatable bonds is 5. The Morgan fingerprint density at radius 3 is 2.00 bits per heavy atom. The molecule has 2 aliphatic carbocycles. The highest BCUT2D eigenvalue weighted by molar-refractivity contribution is 5.75. The summed E-state index contributed by atoms with van der Waals surface area (Å²) in [6.07, 6.45) is 9.68. The van der Waals surface area contributed by atoms with Crippen molar-refractivity contribution in [1.82, 2.24) is 0 Å². The molecule has 0 saturated heterocycles. The zero-order chi connectivity index (χ0) is 15.1. The van der Waals surface area contributed by atoms with Gasteiger partial charge in [0.25, 0.3) is 0 Å². The molecule has 0 aliphatic heterocycles. The Morgan fingerprint density at radius 2 is 1.43 bits per heavy atom. The maximum atomic E-state index is 12.2. The molecule has 0 spiro atoms. The molecule has 0 radical (unpaired) electrons. The lowest BCUT2D eigenvalue weighted by atomic mass is 9.82. The second-order valence-corrected chi connectivity index (χ2v) is 6.41. The van der Waals surface area contributed by atoms with E-state index in [1.165, 1.54) is 19.3 Å². The number of hydrogen-bond donors (Lipinski definition) is 0. The van der Waals surface area contributed by atoms with E-state index in [1.807, 2.05) is 6.92 Å². The Bertz CT molecular complexity index is 339. The first-order valence-electron chi connectivity index (χ1n) is 8.57. The highest BCUT2D eigenvalue weighted by atomic mass is 16.5. The van der Waals surface area contributed by atoms with Crippen LogP contribution in [0, 0.1) is 11.8 Å². The van der Waals surface area contributed by atoms with Crippen LogP contribution >= 0.6 is 0 Å². The topological polar surface area (TPSA) is 52.6 Å². The summed E-state index contributed by atoms with van der Waals surface area (Å²) in [4.78, 5) is 24.0. The third-order valence-electron chi connectivity index (χ3n) is 4.68. The molecule has 0 amide bonds. The molecule has 2 aliphatic rings. The van der Waals surface area contributed by atoms with Gasteiger partial charge < -0.3 is 9.47 Å². The zero-order valence-electron chi connectivity index (χ0n) is 13.1. The van der Waals surface area contributed by atoms with Gasteiger partial charge in [-0.05, 0) is 57.8 Å². The molecule has 2 rings (SSSR count). The zero-order valence-corrected chi connectivity index (χ0v) is 13.1. The molecular formula is C17H28O4. The molecule has 0 bridgehead atoms. The fourth-order valence-electron chi connectivity index (χ4n) is 3.33. The maximum absolute atomic E-state index is 12.2. The molecule has 2 saturated carbocycles. The molecule has 4 nitrogen and oxygen atoms in total. The molecule has 0 unspecified atom stereocenters. The van der Waals surface area contributed by atoms with E-state index in [2.05, 4.69) is 0 Å². The van der Waals surface area contributed by atoms with Crippen LogP contribution in [0.15, 0.2) is 0 Å². The van der Waals surface area contributed by atoms with Gasteiger partial charge in [0.05, 0.1) is 18.4 Å². The summed E-state index contributed by atoms with van der Waals surface area (Å²) in [5.41, 5.74) is 0. The molecule has 0 aromatic carbocycles. The first kappa shape index (κ1) is 16.3. The van der Waals surface area contributed by atoms with Crippen molar-refractivity contribution in [3.63, 3.8) is 0 Å². The number of carbonyl (C=O) groups excluding carboxylic acids is 2. The molecule has 4 heteroatoms. The molecule has 0 aromatic heterocycles. The summed E-state index contributed by atoms with van der Waals surface area (Å²) >= 11 is 0. The summed E-state index contributed by atoms with van der Waals surface area (Å²) in [6, 6.07) is 0. The Hall–Kier alpha value is -1.06. The van der Waals surface area contributed by atoms with Crippen LogP contribution in [0.2, 0.25) is 0 Å². The molecule has 0 aromatic rings. The number of esters is 2. The van der Waals surface area contributed by atoms with Gasteiger partial charge in [-0.1, -0.05) is 13.3 Å². The lowest BCUT2D eigenvalue weighted by molar-refractivity contribution is -0.159. The monoisotopic (exact) mass is 296 g/mol. The average molecular weight is 296 g/mol. The highest BCUT2D eigenvalue weighted by Gasteiger charge is 2.32. The van der Waals surface area contributed by atoms with Crippen LogP contribution in [0.5, 0.6) is 0 Å². The Balaban J connectivity index is 1.70. The van der Waals surface area contributed by atoms with Crippen molar-refractivity contribution >= 4 is 11.9 Å². The van der Waals surface area contributed by atoms with E-state index < -0.39 is 0 Å². The van der Waals surface area contributed by atoms with Crippen LogP contribution in [0.25, 0.3) is 0 Å². The van der Waals surface area contributed by atoms with E-state index in [-0.39, 0.29) is 29.9 Å². The quantitative estimate of drug-likeness (QED) is 0.727. The van der Waals surface area contributed by atoms with Gasteiger partial charge >= 0.3 is 11.9 Å². The largest absolute Gasteiger partial charge is 0.465 e. The first-order chi connectivity index (χ1) is 10.2. The number of hydrogen-bond acceptors (Lipinski definition) is 4. The summed E-state index contributed by atoms with van der Waals surface area (Å²) in [7, 11) is 0. The van der Waals surface area contributed by atoms with Crippen LogP contribution in [0.3, 0.4) is 0 Å². The summed E-state index contributed by atoms with van der Waals surface area (Å²) < 4.78 is 10.8. The normalized spacial score (nSPS) is 27.1. The predicted octanol–water partition coefficient (Wildman–Crippen LogP) is 3.62. The molecule has 0 heterocycles. The number of ether oxygens (including phenoxy) is 2. The van der Waals surface area contributed by atoms with Crippen molar-refractivity contribution < 1.29 is 19.1 Å². The van der Waals surface area contributed by atoms with E-state index in [0.717, 1.165) is 44.9 Å². The highest BCUT2D eigenvalue weighted by Crippen LogP contribution is 2.31. The van der Waals surface area contributed by atoms with Gasteiger partial charge in [-0.15, -0.1) is 0 Å². The SMILES string of the molecule is CCCOC(=O)C1CCC(C(=O)OC2CCCCC2)CC1. The fraction of sp³-hybridized carbons (Fsp3) is 0.882. The third kappa shape index (κ3) is 5.01. The fourth-order valence-corrected chi connectivity index (χ4v) is 3.33. The summed E-state index contributed by atoms with van der Waals surface area (Å²) in [6.45, 7) is 2.49. The van der Waals surface area contributed by atoms with Crippen molar-refractivity contribution in [3.8, 4) is 0 Å². The second-order valence-electron chi connectivity index (χ2n) is 6.41. The molecule has 0 N–H and O–H groups in total. The summed E-state index contributed by atoms with van der Waals surface area (Å²) in [5.74, 6) is -0.157. The number of carbonyl (C=O) groups is 2. The van der Waals surface area contributed by atoms with Gasteiger partial charge in [0.1, 0.15) is 6.10 Å². The molecule has 21 heavy (non-hydrogen) atoms. The van der Waals surface area contributed by atoms with Crippen molar-refractivity contribution in [2.45, 2.75) is 77.2 Å². The molecule has 0 atom stereocenters. The lowest BCUT2D eigenvalue weighted by Crippen LogP contribution is -2.31. The Kier molecular flexibility index (Phi) is 6.52.